The zero-order valence-corrected chi connectivity index (χ0v) is 13.4. The SMILES string of the molecule is C=CC(C)(C)C1CC(=O)N1[Si](C)(C)C(C)(C)C. The Morgan fingerprint density at radius 3 is 2.06 bits per heavy atom. The number of carbonyl (C=O) groups excluding carboxylic acids is 1. The fourth-order valence-corrected chi connectivity index (χ4v) is 4.85. The lowest BCUT2D eigenvalue weighted by Crippen LogP contribution is -2.71. The van der Waals surface area contributed by atoms with Gasteiger partial charge in [-0.25, -0.2) is 0 Å². The second-order valence-corrected chi connectivity index (χ2v) is 12.4. The molecule has 98 valence electrons. The summed E-state index contributed by atoms with van der Waals surface area (Å²) >= 11 is 0. The van der Waals surface area contributed by atoms with Crippen molar-refractivity contribution in [3.8, 4) is 0 Å². The van der Waals surface area contributed by atoms with E-state index in [-0.39, 0.29) is 10.5 Å². The van der Waals surface area contributed by atoms with E-state index in [0.717, 1.165) is 0 Å². The monoisotopic (exact) mass is 253 g/mol. The van der Waals surface area contributed by atoms with Crippen molar-refractivity contribution in [1.29, 1.82) is 0 Å². The van der Waals surface area contributed by atoms with Crippen molar-refractivity contribution in [3.63, 3.8) is 0 Å². The van der Waals surface area contributed by atoms with E-state index in [2.05, 4.69) is 58.9 Å². The number of hydrogen-bond acceptors (Lipinski definition) is 1. The molecule has 1 aliphatic rings. The average Bonchev–Trinajstić information content (AvgIpc) is 2.11. The summed E-state index contributed by atoms with van der Waals surface area (Å²) in [4.78, 5) is 12.0. The summed E-state index contributed by atoms with van der Waals surface area (Å²) in [7, 11) is -1.74. The van der Waals surface area contributed by atoms with Crippen LogP contribution in [0.4, 0.5) is 0 Å². The molecule has 0 bridgehead atoms. The maximum atomic E-state index is 12.0. The standard InChI is InChI=1S/C14H27NOSi/c1-9-14(5,6)11-10-12(16)15(11)17(7,8)13(2,3)4/h9,11H,1,10H2,2-8H3. The maximum Gasteiger partial charge on any atom is 0.217 e. The number of rotatable bonds is 3. The molecule has 1 heterocycles. The molecule has 1 aliphatic heterocycles. The molecule has 0 aromatic carbocycles. The summed E-state index contributed by atoms with van der Waals surface area (Å²) in [5.74, 6) is 0.330. The molecule has 1 atom stereocenters. The molecule has 0 aromatic heterocycles. The quantitative estimate of drug-likeness (QED) is 0.425. The highest BCUT2D eigenvalue weighted by Crippen LogP contribution is 2.47. The number of nitrogens with zero attached hydrogens (tertiary/aromatic N) is 1. The Labute approximate surface area is 107 Å². The second-order valence-electron chi connectivity index (χ2n) is 7.32. The highest BCUT2D eigenvalue weighted by atomic mass is 28.3. The van der Waals surface area contributed by atoms with Gasteiger partial charge in [-0.15, -0.1) is 6.58 Å². The Morgan fingerprint density at radius 2 is 1.76 bits per heavy atom. The topological polar surface area (TPSA) is 20.3 Å². The van der Waals surface area contributed by atoms with E-state index < -0.39 is 8.24 Å². The summed E-state index contributed by atoms with van der Waals surface area (Å²) < 4.78 is 2.20. The first-order valence-electron chi connectivity index (χ1n) is 6.41. The zero-order valence-electron chi connectivity index (χ0n) is 12.4. The van der Waals surface area contributed by atoms with Crippen molar-refractivity contribution in [2.45, 2.75) is 65.2 Å². The van der Waals surface area contributed by atoms with E-state index >= 15 is 0 Å². The van der Waals surface area contributed by atoms with Crippen LogP contribution < -0.4 is 0 Å². The smallest absolute Gasteiger partial charge is 0.217 e. The molecule has 0 saturated carbocycles. The summed E-state index contributed by atoms with van der Waals surface area (Å²) in [5, 5.41) is 0.207. The van der Waals surface area contributed by atoms with Gasteiger partial charge in [-0.3, -0.25) is 4.79 Å². The van der Waals surface area contributed by atoms with Crippen molar-refractivity contribution in [1.82, 2.24) is 4.57 Å². The maximum absolute atomic E-state index is 12.0. The van der Waals surface area contributed by atoms with Crippen molar-refractivity contribution < 1.29 is 4.79 Å². The lowest BCUT2D eigenvalue weighted by molar-refractivity contribution is -0.142. The van der Waals surface area contributed by atoms with Gasteiger partial charge in [-0.1, -0.05) is 53.8 Å². The molecule has 2 nitrogen and oxygen atoms in total. The van der Waals surface area contributed by atoms with Crippen LogP contribution in [0.25, 0.3) is 0 Å². The zero-order chi connectivity index (χ0) is 13.6. The molecule has 1 fully saturated rings. The van der Waals surface area contributed by atoms with E-state index in [1.165, 1.54) is 0 Å². The van der Waals surface area contributed by atoms with Crippen LogP contribution in [0.5, 0.6) is 0 Å². The molecule has 1 saturated heterocycles. The number of β-lactam (4-membered cyclic amide) rings is 1. The van der Waals surface area contributed by atoms with E-state index in [0.29, 0.717) is 18.4 Å². The van der Waals surface area contributed by atoms with E-state index in [4.69, 9.17) is 0 Å². The average molecular weight is 253 g/mol. The van der Waals surface area contributed by atoms with Gasteiger partial charge in [0.25, 0.3) is 0 Å². The largest absolute Gasteiger partial charge is 0.365 e. The van der Waals surface area contributed by atoms with Crippen molar-refractivity contribution >= 4 is 14.1 Å². The summed E-state index contributed by atoms with van der Waals surface area (Å²) in [6.45, 7) is 19.6. The number of amides is 1. The normalized spacial score (nSPS) is 22.4. The fraction of sp³-hybridized carbons (Fsp3) is 0.786. The molecule has 3 heteroatoms. The van der Waals surface area contributed by atoms with Crippen LogP contribution >= 0.6 is 0 Å². The fourth-order valence-electron chi connectivity index (χ4n) is 2.21. The third kappa shape index (κ3) is 2.22. The van der Waals surface area contributed by atoms with Crippen LogP contribution in [0, 0.1) is 5.41 Å². The second kappa shape index (κ2) is 3.97. The molecular formula is C14H27NOSi. The van der Waals surface area contributed by atoms with Crippen LogP contribution in [0.15, 0.2) is 12.7 Å². The van der Waals surface area contributed by atoms with E-state index in [1.54, 1.807) is 0 Å². The van der Waals surface area contributed by atoms with Gasteiger partial charge in [0.15, 0.2) is 8.24 Å². The summed E-state index contributed by atoms with van der Waals surface area (Å²) in [5.41, 5.74) is 0.0173. The van der Waals surface area contributed by atoms with Gasteiger partial charge in [0.2, 0.25) is 5.91 Å². The lowest BCUT2D eigenvalue weighted by atomic mass is 9.79. The minimum Gasteiger partial charge on any atom is -0.365 e. The first kappa shape index (κ1) is 14.5. The minimum absolute atomic E-state index is 0.0173. The molecule has 0 radical (unpaired) electrons. The van der Waals surface area contributed by atoms with Crippen LogP contribution in [0.2, 0.25) is 18.1 Å². The van der Waals surface area contributed by atoms with Crippen LogP contribution in [0.3, 0.4) is 0 Å². The first-order valence-corrected chi connectivity index (χ1v) is 9.35. The highest BCUT2D eigenvalue weighted by molar-refractivity contribution is 6.80. The van der Waals surface area contributed by atoms with Crippen molar-refractivity contribution in [2.75, 3.05) is 0 Å². The van der Waals surface area contributed by atoms with E-state index in [1.807, 2.05) is 6.08 Å². The van der Waals surface area contributed by atoms with Crippen LogP contribution in [-0.2, 0) is 4.79 Å². The van der Waals surface area contributed by atoms with Gasteiger partial charge in [-0.2, -0.15) is 0 Å². The molecule has 1 amide bonds. The molecule has 1 rings (SSSR count). The molecule has 0 aliphatic carbocycles. The Morgan fingerprint density at radius 1 is 1.29 bits per heavy atom. The lowest BCUT2D eigenvalue weighted by Gasteiger charge is -2.58. The Balaban J connectivity index is 3.05. The Kier molecular flexibility index (Phi) is 3.39. The molecular weight excluding hydrogens is 226 g/mol. The molecule has 0 spiro atoms. The third-order valence-corrected chi connectivity index (χ3v) is 10.2. The van der Waals surface area contributed by atoms with Gasteiger partial charge in [-0.05, 0) is 5.04 Å². The summed E-state index contributed by atoms with van der Waals surface area (Å²) in [6, 6.07) is 0.341. The van der Waals surface area contributed by atoms with Crippen molar-refractivity contribution in [3.05, 3.63) is 12.7 Å². The van der Waals surface area contributed by atoms with Crippen LogP contribution in [0.1, 0.15) is 41.0 Å². The molecule has 1 unspecified atom stereocenters. The predicted octanol–water partition coefficient (Wildman–Crippen LogP) is 3.80. The van der Waals surface area contributed by atoms with Gasteiger partial charge in [0, 0.05) is 17.9 Å². The van der Waals surface area contributed by atoms with Gasteiger partial charge in [0.05, 0.1) is 0 Å². The first-order chi connectivity index (χ1) is 7.45. The van der Waals surface area contributed by atoms with Gasteiger partial charge in [0.1, 0.15) is 0 Å². The Hall–Kier alpha value is -0.573. The van der Waals surface area contributed by atoms with Gasteiger partial charge < -0.3 is 4.57 Å². The van der Waals surface area contributed by atoms with Crippen molar-refractivity contribution in [2.24, 2.45) is 5.41 Å². The number of carbonyl (C=O) groups is 1. The number of hydrogen-bond donors (Lipinski definition) is 0. The Bertz CT molecular complexity index is 339. The molecule has 0 aromatic rings. The van der Waals surface area contributed by atoms with Crippen LogP contribution in [-0.4, -0.2) is 24.7 Å². The summed E-state index contributed by atoms with van der Waals surface area (Å²) in [6.07, 6.45) is 2.68. The van der Waals surface area contributed by atoms with Gasteiger partial charge >= 0.3 is 0 Å². The minimum atomic E-state index is -1.74. The third-order valence-electron chi connectivity index (χ3n) is 4.77. The molecule has 17 heavy (non-hydrogen) atoms. The highest BCUT2D eigenvalue weighted by Gasteiger charge is 2.54. The molecule has 0 N–H and O–H groups in total. The van der Waals surface area contributed by atoms with E-state index in [9.17, 15) is 4.79 Å². The predicted molar refractivity (Wildman–Crippen MR) is 76.4 cm³/mol.